The van der Waals surface area contributed by atoms with Crippen molar-refractivity contribution in [1.82, 2.24) is 10.2 Å². The van der Waals surface area contributed by atoms with Gasteiger partial charge in [0.25, 0.3) is 0 Å². The number of hydrogen-bond donors (Lipinski definition) is 2. The molecule has 0 radical (unpaired) electrons. The van der Waals surface area contributed by atoms with Crippen LogP contribution in [0.4, 0.5) is 9.59 Å². The molecule has 0 atom stereocenters. The zero-order chi connectivity index (χ0) is 18.8. The lowest BCUT2D eigenvalue weighted by Crippen LogP contribution is -2.35. The third-order valence-electron chi connectivity index (χ3n) is 3.21. The first kappa shape index (κ1) is 18.8. The van der Waals surface area contributed by atoms with Gasteiger partial charge >= 0.3 is 12.2 Å². The van der Waals surface area contributed by atoms with Crippen LogP contribution in [-0.2, 0) is 0 Å². The summed E-state index contributed by atoms with van der Waals surface area (Å²) in [6.07, 6.45) is -1.79. The normalized spacial score (nSPS) is 12.3. The highest BCUT2D eigenvalue weighted by Crippen LogP contribution is 2.09. The lowest BCUT2D eigenvalue weighted by molar-refractivity contribution is 0.181. The Kier molecular flexibility index (Phi) is 6.99. The summed E-state index contributed by atoms with van der Waals surface area (Å²) in [5, 5.41) is 1.95. The van der Waals surface area contributed by atoms with Crippen LogP contribution in [0.15, 0.2) is 65.7 Å². The highest BCUT2D eigenvalue weighted by Gasteiger charge is 2.11. The van der Waals surface area contributed by atoms with E-state index in [1.54, 1.807) is 60.7 Å². The molecular weight excluding hydrogens is 336 g/mol. The summed E-state index contributed by atoms with van der Waals surface area (Å²) < 4.78 is 9.74. The molecule has 0 bridgehead atoms. The molecule has 0 saturated carbocycles. The van der Waals surface area contributed by atoms with Gasteiger partial charge in [-0.2, -0.15) is 0 Å². The van der Waals surface area contributed by atoms with Crippen molar-refractivity contribution in [2.75, 3.05) is 20.1 Å². The van der Waals surface area contributed by atoms with Gasteiger partial charge in [-0.05, 0) is 24.3 Å². The lowest BCUT2D eigenvalue weighted by atomic mass is 10.3. The van der Waals surface area contributed by atoms with Gasteiger partial charge in [0.1, 0.15) is 11.5 Å². The number of aliphatic imine (C=N–C) groups is 1. The van der Waals surface area contributed by atoms with E-state index in [1.165, 1.54) is 0 Å². The van der Waals surface area contributed by atoms with E-state index in [-0.39, 0.29) is 0 Å². The van der Waals surface area contributed by atoms with E-state index in [4.69, 9.17) is 15.2 Å². The molecule has 2 amide bonds. The molecule has 0 aromatic heterocycles. The highest BCUT2D eigenvalue weighted by atomic mass is 16.6. The fourth-order valence-electron chi connectivity index (χ4n) is 1.88. The summed E-state index contributed by atoms with van der Waals surface area (Å²) in [5.74, 6) is 1.35. The summed E-state index contributed by atoms with van der Waals surface area (Å²) in [4.78, 5) is 28.6. The monoisotopic (exact) mass is 356 g/mol. The van der Waals surface area contributed by atoms with Crippen LogP contribution in [0, 0.1) is 0 Å². The zero-order valence-corrected chi connectivity index (χ0v) is 14.3. The van der Waals surface area contributed by atoms with Crippen molar-refractivity contribution in [3.05, 3.63) is 60.7 Å². The second kappa shape index (κ2) is 9.67. The topological polar surface area (TPSA) is 106 Å². The number of hydrogen-bond acceptors (Lipinski definition) is 7. The molecule has 8 heteroatoms. The molecule has 3 N–H and O–H groups in total. The Labute approximate surface area is 151 Å². The zero-order valence-electron chi connectivity index (χ0n) is 14.3. The number of amides is 2. The van der Waals surface area contributed by atoms with Crippen LogP contribution in [0.5, 0.6) is 11.5 Å². The Morgan fingerprint density at radius 3 is 1.73 bits per heavy atom. The van der Waals surface area contributed by atoms with Gasteiger partial charge < -0.3 is 20.1 Å². The minimum atomic E-state index is -0.896. The van der Waals surface area contributed by atoms with E-state index in [2.05, 4.69) is 4.99 Å². The van der Waals surface area contributed by atoms with Crippen LogP contribution < -0.4 is 20.5 Å². The molecule has 1 heterocycles. The Balaban J connectivity index is 0.000000290. The number of nitrogens with zero attached hydrogens (tertiary/aromatic N) is 2. The minimum Gasteiger partial charge on any atom is -0.410 e. The maximum atomic E-state index is 11.4. The van der Waals surface area contributed by atoms with E-state index in [0.29, 0.717) is 17.5 Å². The van der Waals surface area contributed by atoms with Crippen molar-refractivity contribution in [2.24, 2.45) is 10.7 Å². The Hall–Kier alpha value is -3.55. The second-order valence-corrected chi connectivity index (χ2v) is 5.19. The predicted molar refractivity (Wildman–Crippen MR) is 97.2 cm³/mol. The summed E-state index contributed by atoms with van der Waals surface area (Å²) in [5.41, 5.74) is 5.35. The summed E-state index contributed by atoms with van der Waals surface area (Å²) in [6, 6.07) is 16.8. The molecule has 136 valence electrons. The van der Waals surface area contributed by atoms with Gasteiger partial charge in [0.05, 0.1) is 6.54 Å². The number of ether oxygens (including phenoxy) is 2. The first-order chi connectivity index (χ1) is 12.5. The van der Waals surface area contributed by atoms with Crippen LogP contribution in [0.1, 0.15) is 0 Å². The van der Waals surface area contributed by atoms with Crippen LogP contribution in [0.2, 0.25) is 0 Å². The fraction of sp³-hybridized carbons (Fsp3) is 0.167. The number of para-hydroxylation sites is 2. The standard InChI is InChI=1S/C14H11NO4.C4H9N3/c16-13(18-11-7-3-1-4-8-11)15-14(17)19-12-9-5-2-6-10-12;1-7-3-2-6-4(7)5/h1-10H,(H,15,16,17);2-3H2,1H3,(H2,5,6). The molecule has 0 unspecified atom stereocenters. The van der Waals surface area contributed by atoms with Crippen LogP contribution in [0.3, 0.4) is 0 Å². The maximum absolute atomic E-state index is 11.4. The Morgan fingerprint density at radius 1 is 0.962 bits per heavy atom. The first-order valence-corrected chi connectivity index (χ1v) is 7.86. The largest absolute Gasteiger partial charge is 0.422 e. The number of likely N-dealkylation sites (N-methyl/N-ethyl adjacent to an activating group) is 1. The number of rotatable bonds is 2. The Morgan fingerprint density at radius 2 is 1.42 bits per heavy atom. The highest BCUT2D eigenvalue weighted by molar-refractivity contribution is 5.89. The number of nitrogens with two attached hydrogens (primary N) is 1. The van der Waals surface area contributed by atoms with Crippen LogP contribution in [0.25, 0.3) is 0 Å². The van der Waals surface area contributed by atoms with Crippen LogP contribution in [-0.4, -0.2) is 43.2 Å². The van der Waals surface area contributed by atoms with Gasteiger partial charge in [0.15, 0.2) is 5.96 Å². The molecule has 0 fully saturated rings. The average molecular weight is 356 g/mol. The molecule has 8 nitrogen and oxygen atoms in total. The maximum Gasteiger partial charge on any atom is 0.422 e. The van der Waals surface area contributed by atoms with Crippen molar-refractivity contribution in [3.8, 4) is 11.5 Å². The third-order valence-corrected chi connectivity index (χ3v) is 3.21. The average Bonchev–Trinajstić information content (AvgIpc) is 3.00. The fourth-order valence-corrected chi connectivity index (χ4v) is 1.88. The van der Waals surface area contributed by atoms with E-state index >= 15 is 0 Å². The molecule has 1 aliphatic heterocycles. The molecule has 0 aliphatic carbocycles. The van der Waals surface area contributed by atoms with Gasteiger partial charge in [-0.1, -0.05) is 36.4 Å². The van der Waals surface area contributed by atoms with Gasteiger partial charge in [-0.3, -0.25) is 4.99 Å². The van der Waals surface area contributed by atoms with E-state index < -0.39 is 12.2 Å². The molecular formula is C18H20N4O4. The molecule has 2 aromatic carbocycles. The summed E-state index contributed by atoms with van der Waals surface area (Å²) in [6.45, 7) is 1.84. The molecule has 0 spiro atoms. The molecule has 2 aromatic rings. The van der Waals surface area contributed by atoms with E-state index in [0.717, 1.165) is 13.1 Å². The quantitative estimate of drug-likeness (QED) is 0.854. The van der Waals surface area contributed by atoms with Gasteiger partial charge in [0.2, 0.25) is 0 Å². The summed E-state index contributed by atoms with van der Waals surface area (Å²) >= 11 is 0. The number of nitrogens with one attached hydrogen (secondary N) is 1. The SMILES string of the molecule is CN1CCN=C1N.O=C(NC(=O)Oc1ccccc1)Oc1ccccc1. The predicted octanol–water partition coefficient (Wildman–Crippen LogP) is 2.22. The van der Waals surface area contributed by atoms with Crippen molar-refractivity contribution < 1.29 is 19.1 Å². The van der Waals surface area contributed by atoms with Crippen LogP contribution >= 0.6 is 0 Å². The third kappa shape index (κ3) is 6.52. The van der Waals surface area contributed by atoms with Crippen molar-refractivity contribution in [3.63, 3.8) is 0 Å². The number of imide groups is 1. The van der Waals surface area contributed by atoms with Crippen molar-refractivity contribution >= 4 is 18.1 Å². The van der Waals surface area contributed by atoms with Gasteiger partial charge in [0, 0.05) is 13.6 Å². The van der Waals surface area contributed by atoms with Gasteiger partial charge in [-0.25, -0.2) is 14.9 Å². The molecule has 26 heavy (non-hydrogen) atoms. The minimum absolute atomic E-state index is 0.340. The second-order valence-electron chi connectivity index (χ2n) is 5.19. The number of benzene rings is 2. The smallest absolute Gasteiger partial charge is 0.410 e. The molecule has 0 saturated heterocycles. The summed E-state index contributed by atoms with van der Waals surface area (Å²) in [7, 11) is 1.94. The van der Waals surface area contributed by atoms with Crippen molar-refractivity contribution in [2.45, 2.75) is 0 Å². The Bertz CT molecular complexity index is 699. The van der Waals surface area contributed by atoms with E-state index in [1.807, 2.05) is 17.3 Å². The van der Waals surface area contributed by atoms with Gasteiger partial charge in [-0.15, -0.1) is 0 Å². The first-order valence-electron chi connectivity index (χ1n) is 7.86. The molecule has 1 aliphatic rings. The van der Waals surface area contributed by atoms with Crippen molar-refractivity contribution in [1.29, 1.82) is 0 Å². The number of carbonyl (C=O) groups excluding carboxylic acids is 2. The number of guanidine groups is 1. The number of carbonyl (C=O) groups is 2. The van der Waals surface area contributed by atoms with E-state index in [9.17, 15) is 9.59 Å². The molecule has 3 rings (SSSR count). The lowest BCUT2D eigenvalue weighted by Gasteiger charge is -2.06.